The van der Waals surface area contributed by atoms with Crippen molar-refractivity contribution >= 4 is 34.5 Å². The summed E-state index contributed by atoms with van der Waals surface area (Å²) < 4.78 is 17.0. The predicted octanol–water partition coefficient (Wildman–Crippen LogP) is 3.60. The van der Waals surface area contributed by atoms with Crippen LogP contribution in [0.3, 0.4) is 0 Å². The number of hydrogen-bond donors (Lipinski definition) is 0. The number of aromatic nitrogens is 3. The number of carbonyl (C=O) groups is 1. The smallest absolute Gasteiger partial charge is 0.272 e. The molecule has 1 aromatic carbocycles. The highest BCUT2D eigenvalue weighted by Crippen LogP contribution is 2.23. The highest BCUT2D eigenvalue weighted by Gasteiger charge is 2.23. The maximum Gasteiger partial charge on any atom is 0.272 e. The standard InChI is InChI=1S/C15H13FN4OS2/c1-9-14(23-19-18-9)15(21)20(7-12-8-22-10(2)17-12)13-5-3-11(16)4-6-13/h3-6,8H,7H2,1-2H3. The van der Waals surface area contributed by atoms with Gasteiger partial charge in [0.2, 0.25) is 0 Å². The van der Waals surface area contributed by atoms with Gasteiger partial charge in [-0.05, 0) is 49.6 Å². The van der Waals surface area contributed by atoms with E-state index >= 15 is 0 Å². The van der Waals surface area contributed by atoms with Crippen LogP contribution >= 0.6 is 22.9 Å². The number of anilines is 1. The Morgan fingerprint density at radius 1 is 1.26 bits per heavy atom. The number of nitrogens with zero attached hydrogens (tertiary/aromatic N) is 4. The summed E-state index contributed by atoms with van der Waals surface area (Å²) in [6.07, 6.45) is 0. The average molecular weight is 348 g/mol. The van der Waals surface area contributed by atoms with Crippen molar-refractivity contribution in [3.63, 3.8) is 0 Å². The van der Waals surface area contributed by atoms with Crippen LogP contribution in [0.4, 0.5) is 10.1 Å². The van der Waals surface area contributed by atoms with Crippen molar-refractivity contribution in [1.29, 1.82) is 0 Å². The molecule has 0 atom stereocenters. The van der Waals surface area contributed by atoms with E-state index in [0.717, 1.165) is 22.2 Å². The highest BCUT2D eigenvalue weighted by molar-refractivity contribution is 7.09. The van der Waals surface area contributed by atoms with Gasteiger partial charge in [0.05, 0.1) is 22.9 Å². The van der Waals surface area contributed by atoms with E-state index in [-0.39, 0.29) is 11.7 Å². The van der Waals surface area contributed by atoms with Crippen LogP contribution in [-0.4, -0.2) is 20.5 Å². The fourth-order valence-corrected chi connectivity index (χ4v) is 3.30. The van der Waals surface area contributed by atoms with Crippen molar-refractivity contribution in [3.8, 4) is 0 Å². The minimum atomic E-state index is -0.346. The van der Waals surface area contributed by atoms with Crippen LogP contribution in [0.2, 0.25) is 0 Å². The van der Waals surface area contributed by atoms with Crippen LogP contribution in [0.15, 0.2) is 29.6 Å². The minimum absolute atomic E-state index is 0.213. The predicted molar refractivity (Wildman–Crippen MR) is 88.4 cm³/mol. The van der Waals surface area contributed by atoms with Gasteiger partial charge in [-0.3, -0.25) is 4.79 Å². The lowest BCUT2D eigenvalue weighted by Crippen LogP contribution is -2.30. The molecule has 3 rings (SSSR count). The molecular formula is C15H13FN4OS2. The lowest BCUT2D eigenvalue weighted by atomic mass is 10.2. The zero-order valence-electron chi connectivity index (χ0n) is 12.5. The van der Waals surface area contributed by atoms with Gasteiger partial charge in [-0.1, -0.05) is 4.49 Å². The molecule has 1 amide bonds. The topological polar surface area (TPSA) is 59.0 Å². The van der Waals surface area contributed by atoms with Crippen molar-refractivity contribution in [2.24, 2.45) is 0 Å². The molecule has 0 bridgehead atoms. The van der Waals surface area contributed by atoms with E-state index < -0.39 is 0 Å². The number of benzene rings is 1. The normalized spacial score (nSPS) is 10.7. The maximum atomic E-state index is 13.2. The van der Waals surface area contributed by atoms with Crippen LogP contribution in [0.1, 0.15) is 26.1 Å². The quantitative estimate of drug-likeness (QED) is 0.723. The van der Waals surface area contributed by atoms with E-state index in [9.17, 15) is 9.18 Å². The van der Waals surface area contributed by atoms with E-state index in [0.29, 0.717) is 22.8 Å². The van der Waals surface area contributed by atoms with Gasteiger partial charge in [0.15, 0.2) is 0 Å². The molecule has 0 aliphatic carbocycles. The van der Waals surface area contributed by atoms with E-state index in [1.54, 1.807) is 24.0 Å². The van der Waals surface area contributed by atoms with Gasteiger partial charge < -0.3 is 4.90 Å². The second-order valence-electron chi connectivity index (χ2n) is 4.91. The van der Waals surface area contributed by atoms with Gasteiger partial charge in [-0.25, -0.2) is 9.37 Å². The first-order chi connectivity index (χ1) is 11.0. The van der Waals surface area contributed by atoms with Crippen LogP contribution in [0.5, 0.6) is 0 Å². The summed E-state index contributed by atoms with van der Waals surface area (Å²) in [6, 6.07) is 5.83. The third-order valence-corrected chi connectivity index (χ3v) is 4.85. The molecule has 118 valence electrons. The summed E-state index contributed by atoms with van der Waals surface area (Å²) in [5.41, 5.74) is 1.98. The van der Waals surface area contributed by atoms with Crippen molar-refractivity contribution in [2.75, 3.05) is 4.90 Å². The van der Waals surface area contributed by atoms with Gasteiger partial charge in [-0.2, -0.15) is 0 Å². The largest absolute Gasteiger partial charge is 0.302 e. The third-order valence-electron chi connectivity index (χ3n) is 3.22. The zero-order valence-corrected chi connectivity index (χ0v) is 14.1. The fraction of sp³-hybridized carbons (Fsp3) is 0.200. The first-order valence-electron chi connectivity index (χ1n) is 6.82. The minimum Gasteiger partial charge on any atom is -0.302 e. The molecule has 5 nitrogen and oxygen atoms in total. The second-order valence-corrected chi connectivity index (χ2v) is 6.73. The Morgan fingerprint density at radius 2 is 2.00 bits per heavy atom. The molecule has 2 aromatic heterocycles. The van der Waals surface area contributed by atoms with Crippen LogP contribution in [0.25, 0.3) is 0 Å². The summed E-state index contributed by atoms with van der Waals surface area (Å²) >= 11 is 2.58. The molecule has 23 heavy (non-hydrogen) atoms. The Kier molecular flexibility index (Phi) is 4.44. The fourth-order valence-electron chi connectivity index (χ4n) is 2.09. The molecule has 3 aromatic rings. The number of thiazole rings is 1. The number of halogens is 1. The lowest BCUT2D eigenvalue weighted by Gasteiger charge is -2.21. The zero-order chi connectivity index (χ0) is 16.4. The second kappa shape index (κ2) is 6.51. The molecule has 0 spiro atoms. The lowest BCUT2D eigenvalue weighted by molar-refractivity contribution is 0.0988. The Labute approximate surface area is 140 Å². The molecule has 0 unspecified atom stereocenters. The summed E-state index contributed by atoms with van der Waals surface area (Å²) in [4.78, 5) is 19.3. The summed E-state index contributed by atoms with van der Waals surface area (Å²) in [7, 11) is 0. The van der Waals surface area contributed by atoms with Crippen molar-refractivity contribution in [1.82, 2.24) is 14.6 Å². The van der Waals surface area contributed by atoms with Crippen LogP contribution in [-0.2, 0) is 6.54 Å². The summed E-state index contributed by atoms with van der Waals surface area (Å²) in [5.74, 6) is -0.559. The first kappa shape index (κ1) is 15.7. The van der Waals surface area contributed by atoms with E-state index in [1.165, 1.54) is 23.5 Å². The van der Waals surface area contributed by atoms with Gasteiger partial charge >= 0.3 is 0 Å². The van der Waals surface area contributed by atoms with Gasteiger partial charge in [0.25, 0.3) is 5.91 Å². The van der Waals surface area contributed by atoms with Gasteiger partial charge in [0, 0.05) is 11.1 Å². The van der Waals surface area contributed by atoms with Gasteiger partial charge in [0.1, 0.15) is 10.7 Å². The number of aryl methyl sites for hydroxylation is 2. The van der Waals surface area contributed by atoms with Crippen LogP contribution < -0.4 is 4.90 Å². The molecule has 0 saturated heterocycles. The van der Waals surface area contributed by atoms with Crippen molar-refractivity contribution < 1.29 is 9.18 Å². The molecule has 0 aliphatic rings. The molecule has 2 heterocycles. The van der Waals surface area contributed by atoms with E-state index in [1.807, 2.05) is 12.3 Å². The Bertz CT molecular complexity index is 828. The maximum absolute atomic E-state index is 13.2. The monoisotopic (exact) mass is 348 g/mol. The van der Waals surface area contributed by atoms with Crippen molar-refractivity contribution in [3.05, 3.63) is 56.7 Å². The number of carbonyl (C=O) groups excluding carboxylic acids is 1. The van der Waals surface area contributed by atoms with Crippen LogP contribution in [0, 0.1) is 19.7 Å². The molecule has 0 saturated carbocycles. The third kappa shape index (κ3) is 3.43. The Morgan fingerprint density at radius 3 is 2.57 bits per heavy atom. The summed E-state index contributed by atoms with van der Waals surface area (Å²) in [5, 5.41) is 6.73. The average Bonchev–Trinajstić information content (AvgIpc) is 3.14. The number of amides is 1. The molecule has 8 heteroatoms. The Hall–Kier alpha value is -2.19. The Balaban J connectivity index is 1.97. The molecule has 0 aliphatic heterocycles. The highest BCUT2D eigenvalue weighted by atomic mass is 32.1. The van der Waals surface area contributed by atoms with Gasteiger partial charge in [-0.15, -0.1) is 16.4 Å². The van der Waals surface area contributed by atoms with E-state index in [2.05, 4.69) is 14.6 Å². The molecular weight excluding hydrogens is 335 g/mol. The van der Waals surface area contributed by atoms with Crippen molar-refractivity contribution in [2.45, 2.75) is 20.4 Å². The summed E-state index contributed by atoms with van der Waals surface area (Å²) in [6.45, 7) is 3.97. The molecule has 0 fully saturated rings. The molecule has 0 N–H and O–H groups in total. The van der Waals surface area contributed by atoms with E-state index in [4.69, 9.17) is 0 Å². The SMILES string of the molecule is Cc1nc(CN(C(=O)c2snnc2C)c2ccc(F)cc2)cs1. The molecule has 0 radical (unpaired) electrons. The number of rotatable bonds is 4. The number of hydrogen-bond acceptors (Lipinski definition) is 6. The first-order valence-corrected chi connectivity index (χ1v) is 8.47.